The van der Waals surface area contributed by atoms with E-state index in [0.717, 1.165) is 46.0 Å². The number of aliphatic hydroxyl groups is 1. The van der Waals surface area contributed by atoms with Crippen molar-refractivity contribution >= 4 is 110 Å². The molecule has 0 radical (unpaired) electrons. The Morgan fingerprint density at radius 2 is 0.527 bits per heavy atom. The maximum atomic E-state index is 12.9. The molecule has 0 fully saturated rings. The number of carbonyl (C=O) groups is 4. The van der Waals surface area contributed by atoms with Gasteiger partial charge in [0, 0.05) is 85.3 Å². The Morgan fingerprint density at radius 1 is 0.324 bits per heavy atom. The predicted molar refractivity (Wildman–Crippen MR) is 334 cm³/mol. The van der Waals surface area contributed by atoms with E-state index in [0.29, 0.717) is 52.6 Å². The maximum Gasteiger partial charge on any atom is 0.307 e. The fourth-order valence-electron chi connectivity index (χ4n) is 7.52. The molecule has 0 bridgehead atoms. The molecule has 74 heavy (non-hydrogen) atoms. The van der Waals surface area contributed by atoms with Crippen molar-refractivity contribution in [2.24, 2.45) is 0 Å². The Morgan fingerprint density at radius 3 is 0.757 bits per heavy atom. The first-order valence-electron chi connectivity index (χ1n) is 29.0. The fraction of sp³-hybridized carbons (Fsp3) is 0.927. The van der Waals surface area contributed by atoms with Gasteiger partial charge in [-0.1, -0.05) is 242 Å². The van der Waals surface area contributed by atoms with Gasteiger partial charge in [-0.2, -0.15) is 0 Å². The zero-order valence-electron chi connectivity index (χ0n) is 47.0. The van der Waals surface area contributed by atoms with Gasteiger partial charge in [0.2, 0.25) is 0 Å². The molecule has 0 unspecified atom stereocenters. The summed E-state index contributed by atoms with van der Waals surface area (Å²) in [5.41, 5.74) is 0. The summed E-state index contributed by atoms with van der Waals surface area (Å²) >= 11 is 0. The molecule has 19 heteroatoms. The Kier molecular flexibility index (Phi) is 61.6. The molecule has 0 heterocycles. The summed E-state index contributed by atoms with van der Waals surface area (Å²) in [5, 5.41) is 11.5. The molecule has 0 rings (SSSR count). The van der Waals surface area contributed by atoms with E-state index in [1.54, 1.807) is 43.2 Å². The van der Waals surface area contributed by atoms with Gasteiger partial charge in [0.15, 0.2) is 0 Å². The van der Waals surface area contributed by atoms with Crippen LogP contribution in [0.5, 0.6) is 0 Å². The van der Waals surface area contributed by atoms with Crippen molar-refractivity contribution in [2.45, 2.75) is 214 Å². The molecule has 1 N–H and O–H groups in total. The number of esters is 4. The molecular formula is C55H106N2O9S8. The van der Waals surface area contributed by atoms with Crippen molar-refractivity contribution in [1.29, 1.82) is 0 Å². The van der Waals surface area contributed by atoms with Gasteiger partial charge >= 0.3 is 23.9 Å². The van der Waals surface area contributed by atoms with Crippen molar-refractivity contribution < 1.29 is 43.2 Å². The van der Waals surface area contributed by atoms with Crippen molar-refractivity contribution in [3.8, 4) is 0 Å². The highest BCUT2D eigenvalue weighted by molar-refractivity contribution is 8.77. The van der Waals surface area contributed by atoms with Crippen LogP contribution in [0.2, 0.25) is 0 Å². The average molecular weight is 1200 g/mol. The molecule has 0 aromatic rings. The van der Waals surface area contributed by atoms with E-state index in [4.69, 9.17) is 18.9 Å². The third-order valence-electron chi connectivity index (χ3n) is 11.8. The predicted octanol–water partition coefficient (Wildman–Crippen LogP) is 15.7. The molecule has 0 aliphatic carbocycles. The summed E-state index contributed by atoms with van der Waals surface area (Å²) < 4.78 is 22.3. The average Bonchev–Trinajstić information content (AvgIpc) is 3.39. The first kappa shape index (κ1) is 74.6. The number of unbranched alkanes of at least 4 members (excludes halogenated alkanes) is 20. The first-order valence-corrected chi connectivity index (χ1v) is 38.9. The summed E-state index contributed by atoms with van der Waals surface area (Å²) in [6.45, 7) is 11.9. The molecule has 0 aliphatic heterocycles. The summed E-state index contributed by atoms with van der Waals surface area (Å²) in [6.07, 6.45) is 30.2. The van der Waals surface area contributed by atoms with Gasteiger partial charge in [0.1, 0.15) is 26.4 Å². The first-order chi connectivity index (χ1) is 36.2. The van der Waals surface area contributed by atoms with E-state index in [1.807, 2.05) is 53.0 Å². The van der Waals surface area contributed by atoms with Gasteiger partial charge in [-0.25, -0.2) is 0 Å². The van der Waals surface area contributed by atoms with Crippen LogP contribution < -0.4 is 0 Å². The Balaban J connectivity index is 5.29. The Bertz CT molecular complexity index is 1080. The number of rotatable bonds is 60. The molecular weight excluding hydrogens is 1090 g/mol. The van der Waals surface area contributed by atoms with Crippen LogP contribution in [0.25, 0.3) is 0 Å². The fourth-order valence-corrected chi connectivity index (χ4v) is 15.4. The molecule has 0 spiro atoms. The topological polar surface area (TPSA) is 132 Å². The van der Waals surface area contributed by atoms with Gasteiger partial charge in [-0.05, 0) is 25.7 Å². The van der Waals surface area contributed by atoms with Crippen LogP contribution in [0.15, 0.2) is 0 Å². The number of ether oxygens (including phenoxy) is 4. The number of carbonyl (C=O) groups excluding carboxylic acids is 4. The Labute approximate surface area is 484 Å². The lowest BCUT2D eigenvalue weighted by Gasteiger charge is -2.29. The van der Waals surface area contributed by atoms with Gasteiger partial charge in [0.25, 0.3) is 0 Å². The molecule has 0 saturated carbocycles. The van der Waals surface area contributed by atoms with Crippen LogP contribution in [0.1, 0.15) is 207 Å². The minimum atomic E-state index is -0.894. The van der Waals surface area contributed by atoms with Crippen LogP contribution in [-0.4, -0.2) is 157 Å². The van der Waals surface area contributed by atoms with E-state index >= 15 is 0 Å². The highest BCUT2D eigenvalue weighted by Crippen LogP contribution is 2.26. The molecule has 0 aromatic heterocycles. The van der Waals surface area contributed by atoms with E-state index in [9.17, 15) is 24.3 Å². The molecule has 0 amide bonds. The van der Waals surface area contributed by atoms with E-state index in [-0.39, 0.29) is 62.7 Å². The zero-order valence-corrected chi connectivity index (χ0v) is 53.5. The monoisotopic (exact) mass is 1190 g/mol. The molecule has 0 saturated heterocycles. The summed E-state index contributed by atoms with van der Waals surface area (Å²) in [4.78, 5) is 55.4. The molecule has 11 nitrogen and oxygen atoms in total. The van der Waals surface area contributed by atoms with Crippen LogP contribution in [-0.2, 0) is 38.1 Å². The highest BCUT2D eigenvalue weighted by atomic mass is 33.1. The molecule has 0 aromatic carbocycles. The third kappa shape index (κ3) is 57.3. The number of hydrogen-bond acceptors (Lipinski definition) is 19. The van der Waals surface area contributed by atoms with Gasteiger partial charge < -0.3 is 24.1 Å². The maximum absolute atomic E-state index is 12.9. The van der Waals surface area contributed by atoms with Crippen molar-refractivity contribution in [1.82, 2.24) is 9.80 Å². The summed E-state index contributed by atoms with van der Waals surface area (Å²) in [7, 11) is 14.3. The lowest BCUT2D eigenvalue weighted by atomic mass is 10.1. The molecule has 438 valence electrons. The lowest BCUT2D eigenvalue weighted by molar-refractivity contribution is -0.145. The lowest BCUT2D eigenvalue weighted by Crippen LogP contribution is -2.43. The van der Waals surface area contributed by atoms with Crippen LogP contribution >= 0.6 is 86.4 Å². The SMILES string of the molecule is CCCCCCCCSSCCOC(=O)CCN(CCC(=O)OCCSSCCCCCCCC)CC(O)CN(CCC(=O)OCCSSCCCCCCCC)CCC(=O)OCCSSCCCCCCCC. The van der Waals surface area contributed by atoms with Crippen molar-refractivity contribution in [3.05, 3.63) is 0 Å². The van der Waals surface area contributed by atoms with Crippen molar-refractivity contribution in [2.75, 3.05) is 112 Å². The van der Waals surface area contributed by atoms with Crippen molar-refractivity contribution in [3.63, 3.8) is 0 Å². The van der Waals surface area contributed by atoms with Crippen LogP contribution in [0.4, 0.5) is 0 Å². The third-order valence-corrected chi connectivity index (χ3v) is 21.7. The summed E-state index contributed by atoms with van der Waals surface area (Å²) in [5.74, 6) is 6.05. The molecule has 0 atom stereocenters. The quantitative estimate of drug-likeness (QED) is 0.0268. The number of nitrogens with zero attached hydrogens (tertiary/aromatic N) is 2. The van der Waals surface area contributed by atoms with Gasteiger partial charge in [-0.3, -0.25) is 29.0 Å². The summed E-state index contributed by atoms with van der Waals surface area (Å²) in [6, 6.07) is 0. The largest absolute Gasteiger partial charge is 0.465 e. The zero-order chi connectivity index (χ0) is 54.1. The second-order valence-corrected chi connectivity index (χ2v) is 29.6. The highest BCUT2D eigenvalue weighted by Gasteiger charge is 2.20. The second kappa shape index (κ2) is 61.2. The smallest absolute Gasteiger partial charge is 0.307 e. The van der Waals surface area contributed by atoms with E-state index in [1.165, 1.54) is 154 Å². The normalized spacial score (nSPS) is 11.6. The minimum absolute atomic E-state index is 0.122. The Hall–Kier alpha value is 0.560. The van der Waals surface area contributed by atoms with Gasteiger partial charge in [-0.15, -0.1) is 0 Å². The number of aliphatic hydroxyl groups excluding tert-OH is 1. The van der Waals surface area contributed by atoms with E-state index < -0.39 is 6.10 Å². The van der Waals surface area contributed by atoms with Crippen LogP contribution in [0.3, 0.4) is 0 Å². The van der Waals surface area contributed by atoms with E-state index in [2.05, 4.69) is 27.7 Å². The second-order valence-electron chi connectivity index (χ2n) is 18.8. The van der Waals surface area contributed by atoms with Gasteiger partial charge in [0.05, 0.1) is 31.8 Å². The minimum Gasteiger partial charge on any atom is -0.465 e. The number of hydrogen-bond donors (Lipinski definition) is 1. The standard InChI is InChI=1S/C55H106N2O9S8/c1-5-9-13-17-21-25-41-67-71-45-37-63-52(59)29-33-56(34-30-53(60)64-38-46-72-68-42-26-22-18-14-10-6-2)49-51(58)50-57(35-31-54(61)65-39-47-73-69-43-27-23-19-15-11-7-3)36-32-55(62)66-40-48-74-70-44-28-24-20-16-12-8-4/h51,58H,5-50H2,1-4H3. The van der Waals surface area contributed by atoms with Crippen LogP contribution in [0, 0.1) is 0 Å². The molecule has 0 aliphatic rings.